The summed E-state index contributed by atoms with van der Waals surface area (Å²) in [6.45, 7) is 3.38. The van der Waals surface area contributed by atoms with Crippen LogP contribution in [-0.2, 0) is 20.9 Å². The minimum Gasteiger partial charge on any atom is -0.507 e. The second-order valence-corrected chi connectivity index (χ2v) is 6.19. The quantitative estimate of drug-likeness (QED) is 0.838. The van der Waals surface area contributed by atoms with Crippen molar-refractivity contribution in [3.05, 3.63) is 47.8 Å². The van der Waals surface area contributed by atoms with Crippen molar-refractivity contribution in [1.82, 2.24) is 4.98 Å². The molecule has 0 amide bonds. The highest BCUT2D eigenvalue weighted by atomic mass is 16.5. The molecule has 0 atom stereocenters. The van der Waals surface area contributed by atoms with E-state index in [1.807, 2.05) is 24.3 Å². The summed E-state index contributed by atoms with van der Waals surface area (Å²) in [5.74, 6) is 0.287. The number of rotatable bonds is 5. The van der Waals surface area contributed by atoms with E-state index in [9.17, 15) is 9.90 Å². The summed E-state index contributed by atoms with van der Waals surface area (Å²) in [6, 6.07) is 9.44. The molecule has 2 heterocycles. The van der Waals surface area contributed by atoms with E-state index < -0.39 is 0 Å². The fourth-order valence-electron chi connectivity index (χ4n) is 3.00. The number of aromatic nitrogens is 1. The van der Waals surface area contributed by atoms with Gasteiger partial charge < -0.3 is 14.6 Å². The molecule has 1 saturated heterocycles. The van der Waals surface area contributed by atoms with Crippen molar-refractivity contribution in [2.24, 2.45) is 0 Å². The van der Waals surface area contributed by atoms with Crippen LogP contribution in [0.5, 0.6) is 5.75 Å². The Hall–Kier alpha value is -2.40. The largest absolute Gasteiger partial charge is 0.507 e. The first-order valence-electron chi connectivity index (χ1n) is 8.69. The number of hydrogen-bond acceptors (Lipinski definition) is 5. The summed E-state index contributed by atoms with van der Waals surface area (Å²) in [5.41, 5.74) is 3.19. The topological polar surface area (TPSA) is 68.7 Å². The number of pyridine rings is 1. The molecule has 3 rings (SSSR count). The molecule has 1 N–H and O–H groups in total. The van der Waals surface area contributed by atoms with Crippen LogP contribution in [0.2, 0.25) is 0 Å². The van der Waals surface area contributed by atoms with E-state index in [4.69, 9.17) is 9.47 Å². The molecule has 5 nitrogen and oxygen atoms in total. The Morgan fingerprint density at radius 1 is 1.28 bits per heavy atom. The number of nitrogens with zero attached hydrogens (tertiary/aromatic N) is 1. The first-order chi connectivity index (χ1) is 12.2. The maximum atomic E-state index is 11.3. The molecule has 1 aliphatic rings. The van der Waals surface area contributed by atoms with Gasteiger partial charge in [-0.2, -0.15) is 0 Å². The molecule has 1 aromatic carbocycles. The Morgan fingerprint density at radius 3 is 2.76 bits per heavy atom. The van der Waals surface area contributed by atoms with E-state index >= 15 is 0 Å². The summed E-state index contributed by atoms with van der Waals surface area (Å²) in [5, 5.41) is 10.5. The summed E-state index contributed by atoms with van der Waals surface area (Å²) >= 11 is 0. The lowest BCUT2D eigenvalue weighted by Crippen LogP contribution is -2.14. The highest BCUT2D eigenvalue weighted by Gasteiger charge is 2.17. The average Bonchev–Trinajstić information content (AvgIpc) is 2.68. The van der Waals surface area contributed by atoms with Gasteiger partial charge in [0, 0.05) is 54.1 Å². The van der Waals surface area contributed by atoms with Crippen LogP contribution < -0.4 is 0 Å². The number of esters is 1. The number of ether oxygens (including phenoxy) is 2. The maximum Gasteiger partial charge on any atom is 0.305 e. The van der Waals surface area contributed by atoms with Crippen molar-refractivity contribution in [3.63, 3.8) is 0 Å². The van der Waals surface area contributed by atoms with Gasteiger partial charge in [0.1, 0.15) is 12.4 Å². The third kappa shape index (κ3) is 4.17. The molecule has 1 aromatic heterocycles. The zero-order valence-corrected chi connectivity index (χ0v) is 14.4. The van der Waals surface area contributed by atoms with Gasteiger partial charge in [-0.15, -0.1) is 0 Å². The lowest BCUT2D eigenvalue weighted by Gasteiger charge is -2.21. The highest BCUT2D eigenvalue weighted by Crippen LogP contribution is 2.33. The fourth-order valence-corrected chi connectivity index (χ4v) is 3.00. The lowest BCUT2D eigenvalue weighted by atomic mass is 9.95. The van der Waals surface area contributed by atoms with Crippen molar-refractivity contribution in [3.8, 4) is 16.9 Å². The van der Waals surface area contributed by atoms with Crippen molar-refractivity contribution < 1.29 is 19.4 Å². The standard InChI is InChI=1S/C20H23NO4/c1-2-19(22)25-13-16-4-3-5-17(20(16)23)15-6-7-18(21-12-15)14-8-10-24-11-9-14/h3-7,12,14,23H,2,8-11,13H2,1H3. The SMILES string of the molecule is CCC(=O)OCc1cccc(-c2ccc(C3CCOCC3)nc2)c1O. The molecule has 132 valence electrons. The predicted octanol–water partition coefficient (Wildman–Crippen LogP) is 3.80. The number of benzene rings is 1. The van der Waals surface area contributed by atoms with Crippen molar-refractivity contribution in [2.45, 2.75) is 38.7 Å². The van der Waals surface area contributed by atoms with Crippen LogP contribution in [0.15, 0.2) is 36.5 Å². The van der Waals surface area contributed by atoms with E-state index in [2.05, 4.69) is 4.98 Å². The molecule has 0 radical (unpaired) electrons. The van der Waals surface area contributed by atoms with Gasteiger partial charge in [-0.3, -0.25) is 9.78 Å². The minimum absolute atomic E-state index is 0.0694. The lowest BCUT2D eigenvalue weighted by molar-refractivity contribution is -0.144. The van der Waals surface area contributed by atoms with E-state index in [0.717, 1.165) is 37.3 Å². The van der Waals surface area contributed by atoms with Gasteiger partial charge in [-0.05, 0) is 18.9 Å². The fraction of sp³-hybridized carbons (Fsp3) is 0.400. The zero-order chi connectivity index (χ0) is 17.6. The average molecular weight is 341 g/mol. The molecule has 0 unspecified atom stereocenters. The monoisotopic (exact) mass is 341 g/mol. The van der Waals surface area contributed by atoms with Crippen LogP contribution in [0.25, 0.3) is 11.1 Å². The third-order valence-electron chi connectivity index (χ3n) is 4.53. The van der Waals surface area contributed by atoms with E-state index in [1.54, 1.807) is 19.2 Å². The third-order valence-corrected chi connectivity index (χ3v) is 4.53. The molecular formula is C20H23NO4. The Balaban J connectivity index is 1.78. The molecule has 5 heteroatoms. The molecule has 0 saturated carbocycles. The van der Waals surface area contributed by atoms with Gasteiger partial charge in [0.2, 0.25) is 0 Å². The Labute approximate surface area is 147 Å². The van der Waals surface area contributed by atoms with Gasteiger partial charge in [-0.1, -0.05) is 31.2 Å². The van der Waals surface area contributed by atoms with Crippen LogP contribution in [0.1, 0.15) is 43.4 Å². The number of carbonyl (C=O) groups is 1. The van der Waals surface area contributed by atoms with E-state index in [1.165, 1.54) is 0 Å². The van der Waals surface area contributed by atoms with E-state index in [-0.39, 0.29) is 18.3 Å². The molecule has 1 aliphatic heterocycles. The van der Waals surface area contributed by atoms with Crippen molar-refractivity contribution in [2.75, 3.05) is 13.2 Å². The smallest absolute Gasteiger partial charge is 0.305 e. The predicted molar refractivity (Wildman–Crippen MR) is 94.2 cm³/mol. The van der Waals surface area contributed by atoms with Crippen LogP contribution >= 0.6 is 0 Å². The first kappa shape index (κ1) is 17.4. The van der Waals surface area contributed by atoms with Gasteiger partial charge in [0.25, 0.3) is 0 Å². The Bertz CT molecular complexity index is 721. The van der Waals surface area contributed by atoms with Gasteiger partial charge in [0.15, 0.2) is 0 Å². The number of phenols is 1. The number of para-hydroxylation sites is 1. The number of aromatic hydroxyl groups is 1. The summed E-state index contributed by atoms with van der Waals surface area (Å²) in [4.78, 5) is 15.9. The summed E-state index contributed by atoms with van der Waals surface area (Å²) < 4.78 is 10.5. The Kier molecular flexibility index (Phi) is 5.66. The summed E-state index contributed by atoms with van der Waals surface area (Å²) in [6.07, 6.45) is 4.10. The second-order valence-electron chi connectivity index (χ2n) is 6.19. The molecule has 25 heavy (non-hydrogen) atoms. The molecule has 0 spiro atoms. The normalized spacial score (nSPS) is 15.1. The van der Waals surface area contributed by atoms with Crippen LogP contribution in [0.4, 0.5) is 0 Å². The molecule has 0 bridgehead atoms. The van der Waals surface area contributed by atoms with Crippen molar-refractivity contribution >= 4 is 5.97 Å². The molecule has 0 aliphatic carbocycles. The van der Waals surface area contributed by atoms with Gasteiger partial charge in [0.05, 0.1) is 0 Å². The van der Waals surface area contributed by atoms with Gasteiger partial charge in [-0.25, -0.2) is 0 Å². The molecule has 1 fully saturated rings. The first-order valence-corrected chi connectivity index (χ1v) is 8.69. The Morgan fingerprint density at radius 2 is 2.08 bits per heavy atom. The van der Waals surface area contributed by atoms with E-state index in [0.29, 0.717) is 23.5 Å². The van der Waals surface area contributed by atoms with Crippen LogP contribution in [-0.4, -0.2) is 29.3 Å². The number of carbonyl (C=O) groups excluding carboxylic acids is 1. The van der Waals surface area contributed by atoms with Crippen LogP contribution in [0.3, 0.4) is 0 Å². The zero-order valence-electron chi connectivity index (χ0n) is 14.4. The number of hydrogen-bond donors (Lipinski definition) is 1. The molecule has 2 aromatic rings. The highest BCUT2D eigenvalue weighted by molar-refractivity contribution is 5.72. The number of phenolic OH excluding ortho intramolecular Hbond substituents is 1. The summed E-state index contributed by atoms with van der Waals surface area (Å²) in [7, 11) is 0. The minimum atomic E-state index is -0.285. The maximum absolute atomic E-state index is 11.3. The van der Waals surface area contributed by atoms with Crippen LogP contribution in [0, 0.1) is 0 Å². The van der Waals surface area contributed by atoms with Gasteiger partial charge >= 0.3 is 5.97 Å². The van der Waals surface area contributed by atoms with Crippen molar-refractivity contribution in [1.29, 1.82) is 0 Å². The second kappa shape index (κ2) is 8.12. The molecular weight excluding hydrogens is 318 g/mol.